The number of ether oxygens (including phenoxy) is 1. The lowest BCUT2D eigenvalue weighted by Crippen LogP contribution is -2.62. The topological polar surface area (TPSA) is 61.9 Å². The number of carbonyl (C=O) groups excluding carboxylic acids is 2. The molecule has 0 spiro atoms. The maximum absolute atomic E-state index is 14.5. The van der Waals surface area contributed by atoms with E-state index in [1.165, 1.54) is 5.56 Å². The summed E-state index contributed by atoms with van der Waals surface area (Å²) in [4.78, 5) is 30.6. The number of rotatable bonds is 10. The van der Waals surface area contributed by atoms with E-state index in [1.807, 2.05) is 72.2 Å². The third-order valence-corrected chi connectivity index (χ3v) is 8.95. The van der Waals surface area contributed by atoms with Crippen LogP contribution in [0, 0.1) is 0 Å². The predicted octanol–water partition coefficient (Wildman–Crippen LogP) is 6.79. The van der Waals surface area contributed by atoms with Gasteiger partial charge in [0, 0.05) is 49.2 Å². The molecule has 3 aromatic rings. The lowest BCUT2D eigenvalue weighted by Gasteiger charge is -2.45. The first kappa shape index (κ1) is 31.1. The van der Waals surface area contributed by atoms with Crippen LogP contribution in [-0.4, -0.2) is 59.4 Å². The largest absolute Gasteiger partial charge is 0.492 e. The van der Waals surface area contributed by atoms with Gasteiger partial charge in [-0.2, -0.15) is 0 Å². The van der Waals surface area contributed by atoms with Crippen LogP contribution >= 0.6 is 23.2 Å². The molecule has 226 valence electrons. The van der Waals surface area contributed by atoms with Crippen molar-refractivity contribution in [3.63, 3.8) is 0 Å². The third-order valence-electron chi connectivity index (χ3n) is 8.27. The zero-order valence-corrected chi connectivity index (χ0v) is 26.5. The molecule has 5 rings (SSSR count). The number of aryl methyl sites for hydroxylation is 1. The third kappa shape index (κ3) is 7.43. The van der Waals surface area contributed by atoms with Crippen LogP contribution in [0.1, 0.15) is 50.3 Å². The van der Waals surface area contributed by atoms with Gasteiger partial charge in [0.25, 0.3) is 5.91 Å². The smallest absolute Gasteiger partial charge is 0.252 e. The van der Waals surface area contributed by atoms with Crippen LogP contribution in [0.3, 0.4) is 0 Å². The normalized spacial score (nSPS) is 18.1. The molecule has 8 heteroatoms. The summed E-state index contributed by atoms with van der Waals surface area (Å²) in [6.45, 7) is 7.75. The fraction of sp³-hybridized carbons (Fsp3) is 0.371. The van der Waals surface area contributed by atoms with Gasteiger partial charge in [-0.1, -0.05) is 77.8 Å². The summed E-state index contributed by atoms with van der Waals surface area (Å²) < 4.78 is 5.85. The molecule has 2 bridgehead atoms. The number of para-hydroxylation sites is 1. The van der Waals surface area contributed by atoms with Crippen LogP contribution in [0.15, 0.2) is 78.4 Å². The molecule has 2 amide bonds. The van der Waals surface area contributed by atoms with Crippen molar-refractivity contribution in [1.29, 1.82) is 0 Å². The van der Waals surface area contributed by atoms with Gasteiger partial charge in [0.15, 0.2) is 0 Å². The molecular weight excluding hydrogens is 581 g/mol. The Morgan fingerprint density at radius 3 is 2.35 bits per heavy atom. The molecule has 1 saturated heterocycles. The van der Waals surface area contributed by atoms with E-state index in [0.29, 0.717) is 48.5 Å². The number of fused-ring (bicyclic) bond motifs is 2. The first-order valence-electron chi connectivity index (χ1n) is 15.0. The second-order valence-electron chi connectivity index (χ2n) is 11.6. The number of amides is 2. The number of benzene rings is 3. The number of nitrogens with zero attached hydrogens (tertiary/aromatic N) is 2. The Labute approximate surface area is 264 Å². The summed E-state index contributed by atoms with van der Waals surface area (Å²) in [7, 11) is 0. The monoisotopic (exact) mass is 619 g/mol. The van der Waals surface area contributed by atoms with Gasteiger partial charge in [-0.15, -0.1) is 0 Å². The molecule has 2 aliphatic rings. The molecule has 2 heterocycles. The Morgan fingerprint density at radius 1 is 0.977 bits per heavy atom. The number of piperazine rings is 1. The SMILES string of the molecule is CC(=O)N1C[C@H]2CC(c3ccc(CCCOc4ccccc4Cl)cc3)=C(C(=O)N(Cc3ccccc3Cl)C(C)C)[C@@H](C1)N2. The molecule has 1 N–H and O–H groups in total. The van der Waals surface area contributed by atoms with Crippen molar-refractivity contribution in [3.8, 4) is 5.75 Å². The highest BCUT2D eigenvalue weighted by molar-refractivity contribution is 6.32. The summed E-state index contributed by atoms with van der Waals surface area (Å²) >= 11 is 12.7. The first-order chi connectivity index (χ1) is 20.7. The Bertz CT molecular complexity index is 1490. The summed E-state index contributed by atoms with van der Waals surface area (Å²) in [5, 5.41) is 4.91. The zero-order chi connectivity index (χ0) is 30.5. The van der Waals surface area contributed by atoms with Crippen molar-refractivity contribution in [1.82, 2.24) is 15.1 Å². The minimum Gasteiger partial charge on any atom is -0.492 e. The number of hydrogen-bond acceptors (Lipinski definition) is 4. The molecule has 0 radical (unpaired) electrons. The van der Waals surface area contributed by atoms with Crippen molar-refractivity contribution in [2.24, 2.45) is 0 Å². The highest BCUT2D eigenvalue weighted by Crippen LogP contribution is 2.35. The lowest BCUT2D eigenvalue weighted by atomic mass is 9.82. The highest BCUT2D eigenvalue weighted by atomic mass is 35.5. The Morgan fingerprint density at radius 2 is 1.67 bits per heavy atom. The Balaban J connectivity index is 1.39. The molecule has 3 aromatic carbocycles. The summed E-state index contributed by atoms with van der Waals surface area (Å²) in [5.41, 5.74) is 4.96. The number of nitrogens with one attached hydrogen (secondary N) is 1. The van der Waals surface area contributed by atoms with E-state index < -0.39 is 0 Å². The van der Waals surface area contributed by atoms with E-state index in [0.717, 1.165) is 35.1 Å². The van der Waals surface area contributed by atoms with Crippen LogP contribution in [0.2, 0.25) is 10.0 Å². The average molecular weight is 621 g/mol. The highest BCUT2D eigenvalue weighted by Gasteiger charge is 2.40. The van der Waals surface area contributed by atoms with E-state index in [1.54, 1.807) is 6.92 Å². The Kier molecular flexibility index (Phi) is 10.1. The van der Waals surface area contributed by atoms with Crippen LogP contribution < -0.4 is 10.1 Å². The van der Waals surface area contributed by atoms with Gasteiger partial charge in [0.1, 0.15) is 5.75 Å². The van der Waals surface area contributed by atoms with Gasteiger partial charge in [0.2, 0.25) is 5.91 Å². The van der Waals surface area contributed by atoms with Gasteiger partial charge in [0.05, 0.1) is 17.7 Å². The lowest BCUT2D eigenvalue weighted by molar-refractivity contribution is -0.133. The van der Waals surface area contributed by atoms with Crippen LogP contribution in [0.25, 0.3) is 5.57 Å². The number of hydrogen-bond donors (Lipinski definition) is 1. The van der Waals surface area contributed by atoms with Gasteiger partial charge < -0.3 is 19.9 Å². The standard InChI is InChI=1S/C35H39Cl2N3O3/c1-23(2)40(20-27-10-4-5-11-30(27)36)35(42)34-29(19-28-21-39(24(3)41)22-32(34)38-28)26-16-14-25(15-17-26)9-8-18-43-33-13-7-6-12-31(33)37/h4-7,10-17,23,28,32,38H,8-9,18-22H2,1-3H3/t28-,32-/m1/s1. The van der Waals surface area contributed by atoms with Crippen LogP contribution in [-0.2, 0) is 22.6 Å². The second-order valence-corrected chi connectivity index (χ2v) is 12.4. The number of carbonyl (C=O) groups is 2. The van der Waals surface area contributed by atoms with Gasteiger partial charge in [-0.05, 0) is 73.6 Å². The summed E-state index contributed by atoms with van der Waals surface area (Å²) in [6, 6.07) is 23.5. The fourth-order valence-electron chi connectivity index (χ4n) is 5.97. The molecule has 0 saturated carbocycles. The molecule has 1 fully saturated rings. The van der Waals surface area contributed by atoms with E-state index >= 15 is 0 Å². The van der Waals surface area contributed by atoms with Crippen molar-refractivity contribution in [2.75, 3.05) is 19.7 Å². The fourth-order valence-corrected chi connectivity index (χ4v) is 6.36. The maximum atomic E-state index is 14.5. The van der Waals surface area contributed by atoms with E-state index in [4.69, 9.17) is 27.9 Å². The van der Waals surface area contributed by atoms with Crippen molar-refractivity contribution in [3.05, 3.63) is 105 Å². The predicted molar refractivity (Wildman–Crippen MR) is 173 cm³/mol. The Hall–Kier alpha value is -3.32. The van der Waals surface area contributed by atoms with Gasteiger partial charge in [-0.3, -0.25) is 9.59 Å². The molecular formula is C35H39Cl2N3O3. The molecule has 0 aliphatic carbocycles. The number of halogens is 2. The minimum absolute atomic E-state index is 0.0212. The van der Waals surface area contributed by atoms with Crippen LogP contribution in [0.5, 0.6) is 5.75 Å². The summed E-state index contributed by atoms with van der Waals surface area (Å²) in [5.74, 6) is 0.715. The van der Waals surface area contributed by atoms with E-state index in [2.05, 4.69) is 29.6 Å². The molecule has 6 nitrogen and oxygen atoms in total. The average Bonchev–Trinajstić information content (AvgIpc) is 2.99. The van der Waals surface area contributed by atoms with Crippen molar-refractivity contribution < 1.29 is 14.3 Å². The van der Waals surface area contributed by atoms with Gasteiger partial charge in [-0.25, -0.2) is 0 Å². The van der Waals surface area contributed by atoms with Crippen molar-refractivity contribution >= 4 is 40.6 Å². The zero-order valence-electron chi connectivity index (χ0n) is 25.0. The summed E-state index contributed by atoms with van der Waals surface area (Å²) in [6.07, 6.45) is 2.40. The maximum Gasteiger partial charge on any atom is 0.252 e. The second kappa shape index (κ2) is 14.0. The molecule has 0 unspecified atom stereocenters. The first-order valence-corrected chi connectivity index (χ1v) is 15.7. The molecule has 0 aromatic heterocycles. The van der Waals surface area contributed by atoms with E-state index in [-0.39, 0.29) is 29.9 Å². The quantitative estimate of drug-likeness (QED) is 0.254. The molecule has 2 atom stereocenters. The minimum atomic E-state index is -0.243. The molecule has 2 aliphatic heterocycles. The van der Waals surface area contributed by atoms with Gasteiger partial charge >= 0.3 is 0 Å². The molecule has 43 heavy (non-hydrogen) atoms. The van der Waals surface area contributed by atoms with E-state index in [9.17, 15) is 9.59 Å². The van der Waals surface area contributed by atoms with Crippen molar-refractivity contribution in [2.45, 2.75) is 64.7 Å². The van der Waals surface area contributed by atoms with Crippen LogP contribution in [0.4, 0.5) is 0 Å².